The minimum absolute atomic E-state index is 0. The number of rotatable bonds is 3. The molecular formula is C19H22ClFN2O. The number of carbonyl (C=O) groups excluding carboxylic acids is 1. The minimum atomic E-state index is -0.476. The van der Waals surface area contributed by atoms with Crippen molar-refractivity contribution in [1.82, 2.24) is 4.90 Å². The van der Waals surface area contributed by atoms with Crippen molar-refractivity contribution in [2.45, 2.75) is 25.8 Å². The van der Waals surface area contributed by atoms with Crippen LogP contribution in [0.1, 0.15) is 28.8 Å². The van der Waals surface area contributed by atoms with Crippen LogP contribution in [0.2, 0.25) is 0 Å². The van der Waals surface area contributed by atoms with Crippen LogP contribution in [0.15, 0.2) is 42.5 Å². The van der Waals surface area contributed by atoms with Crippen molar-refractivity contribution in [3.63, 3.8) is 0 Å². The van der Waals surface area contributed by atoms with Gasteiger partial charge in [0, 0.05) is 19.1 Å². The van der Waals surface area contributed by atoms with Crippen LogP contribution in [0.5, 0.6) is 0 Å². The molecular weight excluding hydrogens is 327 g/mol. The van der Waals surface area contributed by atoms with E-state index in [9.17, 15) is 9.18 Å². The number of likely N-dealkylation sites (tertiary alicyclic amines) is 1. The Morgan fingerprint density at radius 2 is 1.88 bits per heavy atom. The summed E-state index contributed by atoms with van der Waals surface area (Å²) < 4.78 is 14.5. The van der Waals surface area contributed by atoms with Crippen molar-refractivity contribution in [3.05, 3.63) is 59.4 Å². The zero-order chi connectivity index (χ0) is 16.4. The summed E-state index contributed by atoms with van der Waals surface area (Å²) in [5.74, 6) is -0.735. The van der Waals surface area contributed by atoms with Gasteiger partial charge in [0.15, 0.2) is 0 Å². The third-order valence-electron chi connectivity index (χ3n) is 4.49. The molecule has 0 spiro atoms. The summed E-state index contributed by atoms with van der Waals surface area (Å²) in [5.41, 5.74) is 8.70. The topological polar surface area (TPSA) is 46.3 Å². The van der Waals surface area contributed by atoms with Gasteiger partial charge < -0.3 is 10.6 Å². The quantitative estimate of drug-likeness (QED) is 0.917. The average Bonchev–Trinajstić information content (AvgIpc) is 3.03. The highest BCUT2D eigenvalue weighted by Crippen LogP contribution is 2.25. The number of hydrogen-bond donors (Lipinski definition) is 1. The van der Waals surface area contributed by atoms with Gasteiger partial charge in [0.2, 0.25) is 0 Å². The van der Waals surface area contributed by atoms with Crippen LogP contribution < -0.4 is 5.73 Å². The standard InChI is InChI=1S/C19H21FN2O.ClH/c1-13-4-6-14(7-5-13)15-8-9-17(18(20)11-15)19(23)22-10-2-3-16(22)12-21;/h4-9,11,16H,2-3,10,12,21H2,1H3;1H. The maximum absolute atomic E-state index is 14.5. The lowest BCUT2D eigenvalue weighted by molar-refractivity contribution is 0.0736. The Morgan fingerprint density at radius 1 is 1.21 bits per heavy atom. The van der Waals surface area contributed by atoms with E-state index >= 15 is 0 Å². The lowest BCUT2D eigenvalue weighted by Gasteiger charge is -2.23. The highest BCUT2D eigenvalue weighted by Gasteiger charge is 2.29. The van der Waals surface area contributed by atoms with Crippen LogP contribution in [0.4, 0.5) is 4.39 Å². The molecule has 1 saturated heterocycles. The Labute approximate surface area is 148 Å². The zero-order valence-electron chi connectivity index (χ0n) is 13.7. The molecule has 1 aliphatic heterocycles. The molecule has 24 heavy (non-hydrogen) atoms. The molecule has 1 amide bonds. The molecule has 3 rings (SSSR count). The third-order valence-corrected chi connectivity index (χ3v) is 4.49. The lowest BCUT2D eigenvalue weighted by atomic mass is 10.0. The number of nitrogens with zero attached hydrogens (tertiary/aromatic N) is 1. The Kier molecular flexibility index (Phi) is 5.97. The minimum Gasteiger partial charge on any atom is -0.334 e. The molecule has 1 unspecified atom stereocenters. The van der Waals surface area contributed by atoms with Crippen LogP contribution in [0, 0.1) is 12.7 Å². The molecule has 0 aromatic heterocycles. The molecule has 3 nitrogen and oxygen atoms in total. The smallest absolute Gasteiger partial charge is 0.257 e. The first-order valence-electron chi connectivity index (χ1n) is 7.98. The van der Waals surface area contributed by atoms with Gasteiger partial charge in [-0.3, -0.25) is 4.79 Å². The number of amides is 1. The van der Waals surface area contributed by atoms with Gasteiger partial charge in [-0.05, 0) is 43.0 Å². The molecule has 2 aromatic rings. The summed E-state index contributed by atoms with van der Waals surface area (Å²) in [6.07, 6.45) is 1.82. The summed E-state index contributed by atoms with van der Waals surface area (Å²) in [6.45, 7) is 3.09. The van der Waals surface area contributed by atoms with Gasteiger partial charge in [-0.1, -0.05) is 35.9 Å². The normalized spacial score (nSPS) is 16.8. The van der Waals surface area contributed by atoms with Crippen molar-refractivity contribution in [1.29, 1.82) is 0 Å². The zero-order valence-corrected chi connectivity index (χ0v) is 14.5. The van der Waals surface area contributed by atoms with E-state index < -0.39 is 5.82 Å². The maximum Gasteiger partial charge on any atom is 0.257 e. The van der Waals surface area contributed by atoms with E-state index in [2.05, 4.69) is 0 Å². The summed E-state index contributed by atoms with van der Waals surface area (Å²) in [4.78, 5) is 14.3. The van der Waals surface area contributed by atoms with E-state index in [4.69, 9.17) is 5.73 Å². The Hall–Kier alpha value is -1.91. The fraction of sp³-hybridized carbons (Fsp3) is 0.316. The number of benzene rings is 2. The second kappa shape index (κ2) is 7.77. The van der Waals surface area contributed by atoms with E-state index in [0.717, 1.165) is 29.5 Å². The van der Waals surface area contributed by atoms with Gasteiger partial charge in [0.1, 0.15) is 5.82 Å². The first kappa shape index (κ1) is 18.4. The molecule has 0 bridgehead atoms. The van der Waals surface area contributed by atoms with E-state index in [1.165, 1.54) is 6.07 Å². The second-order valence-electron chi connectivity index (χ2n) is 6.09. The SMILES string of the molecule is Cc1ccc(-c2ccc(C(=O)N3CCCC3CN)c(F)c2)cc1.Cl. The van der Waals surface area contributed by atoms with Crippen molar-refractivity contribution in [2.24, 2.45) is 5.73 Å². The van der Waals surface area contributed by atoms with Crippen molar-refractivity contribution >= 4 is 18.3 Å². The number of carbonyl (C=O) groups is 1. The van der Waals surface area contributed by atoms with Crippen LogP contribution >= 0.6 is 12.4 Å². The van der Waals surface area contributed by atoms with Crippen LogP contribution in [0.25, 0.3) is 11.1 Å². The molecule has 0 saturated carbocycles. The summed E-state index contributed by atoms with van der Waals surface area (Å²) >= 11 is 0. The fourth-order valence-corrected chi connectivity index (χ4v) is 3.12. The van der Waals surface area contributed by atoms with Crippen LogP contribution in [-0.2, 0) is 0 Å². The van der Waals surface area contributed by atoms with Gasteiger partial charge in [-0.2, -0.15) is 0 Å². The number of nitrogens with two attached hydrogens (primary N) is 1. The summed E-state index contributed by atoms with van der Waals surface area (Å²) in [5, 5.41) is 0. The van der Waals surface area contributed by atoms with E-state index in [-0.39, 0.29) is 29.9 Å². The largest absolute Gasteiger partial charge is 0.334 e. The summed E-state index contributed by atoms with van der Waals surface area (Å²) in [6, 6.07) is 12.7. The van der Waals surface area contributed by atoms with Gasteiger partial charge in [0.05, 0.1) is 5.56 Å². The fourth-order valence-electron chi connectivity index (χ4n) is 3.12. The van der Waals surface area contributed by atoms with Crippen molar-refractivity contribution < 1.29 is 9.18 Å². The van der Waals surface area contributed by atoms with Gasteiger partial charge in [-0.25, -0.2) is 4.39 Å². The second-order valence-corrected chi connectivity index (χ2v) is 6.09. The molecule has 1 aliphatic rings. The molecule has 5 heteroatoms. The number of aryl methyl sites for hydroxylation is 1. The lowest BCUT2D eigenvalue weighted by Crippen LogP contribution is -2.40. The van der Waals surface area contributed by atoms with E-state index in [1.54, 1.807) is 17.0 Å². The maximum atomic E-state index is 14.5. The molecule has 128 valence electrons. The first-order chi connectivity index (χ1) is 11.1. The first-order valence-corrected chi connectivity index (χ1v) is 7.98. The van der Waals surface area contributed by atoms with E-state index in [1.807, 2.05) is 31.2 Å². The molecule has 0 aliphatic carbocycles. The highest BCUT2D eigenvalue weighted by atomic mass is 35.5. The monoisotopic (exact) mass is 348 g/mol. The van der Waals surface area contributed by atoms with Crippen LogP contribution in [0.3, 0.4) is 0 Å². The molecule has 0 radical (unpaired) electrons. The van der Waals surface area contributed by atoms with Gasteiger partial charge in [0.25, 0.3) is 5.91 Å². The van der Waals surface area contributed by atoms with E-state index in [0.29, 0.717) is 13.1 Å². The highest BCUT2D eigenvalue weighted by molar-refractivity contribution is 5.95. The van der Waals surface area contributed by atoms with Crippen LogP contribution in [-0.4, -0.2) is 29.9 Å². The summed E-state index contributed by atoms with van der Waals surface area (Å²) in [7, 11) is 0. The predicted octanol–water partition coefficient (Wildman–Crippen LogP) is 3.79. The Bertz CT molecular complexity index is 718. The average molecular weight is 349 g/mol. The molecule has 2 aromatic carbocycles. The van der Waals surface area contributed by atoms with Crippen molar-refractivity contribution in [2.75, 3.05) is 13.1 Å². The Balaban J connectivity index is 0.00000208. The third kappa shape index (κ3) is 3.60. The molecule has 1 fully saturated rings. The van der Waals surface area contributed by atoms with Crippen molar-refractivity contribution in [3.8, 4) is 11.1 Å². The van der Waals surface area contributed by atoms with Gasteiger partial charge in [-0.15, -0.1) is 12.4 Å². The number of halogens is 2. The molecule has 1 heterocycles. The molecule has 2 N–H and O–H groups in total. The molecule has 1 atom stereocenters. The predicted molar refractivity (Wildman–Crippen MR) is 96.9 cm³/mol. The van der Waals surface area contributed by atoms with Gasteiger partial charge >= 0.3 is 0 Å². The number of hydrogen-bond acceptors (Lipinski definition) is 2. The Morgan fingerprint density at radius 3 is 2.50 bits per heavy atom.